The second-order valence-electron chi connectivity index (χ2n) is 8.03. The van der Waals surface area contributed by atoms with Crippen LogP contribution in [0.4, 0.5) is 5.69 Å². The van der Waals surface area contributed by atoms with Crippen molar-refractivity contribution in [3.63, 3.8) is 0 Å². The number of nitrogens with one attached hydrogen (secondary N) is 1. The maximum Gasteiger partial charge on any atom is 0.266 e. The Labute approximate surface area is 198 Å². The number of nitrogens with zero attached hydrogens (tertiary/aromatic N) is 3. The lowest BCUT2D eigenvalue weighted by Gasteiger charge is -2.26. The van der Waals surface area contributed by atoms with Gasteiger partial charge in [0, 0.05) is 31.5 Å². The van der Waals surface area contributed by atoms with Gasteiger partial charge in [0.05, 0.1) is 24.6 Å². The van der Waals surface area contributed by atoms with Crippen LogP contribution >= 0.6 is 11.3 Å². The van der Waals surface area contributed by atoms with Crippen LogP contribution in [0.5, 0.6) is 0 Å². The highest BCUT2D eigenvalue weighted by molar-refractivity contribution is 7.92. The molecule has 0 saturated carbocycles. The van der Waals surface area contributed by atoms with Crippen LogP contribution in [0, 0.1) is 13.8 Å². The largest absolute Gasteiger partial charge is 0.378 e. The van der Waals surface area contributed by atoms with E-state index in [2.05, 4.69) is 9.71 Å². The van der Waals surface area contributed by atoms with E-state index in [-0.39, 0.29) is 10.8 Å². The van der Waals surface area contributed by atoms with Gasteiger partial charge in [0.2, 0.25) is 0 Å². The summed E-state index contributed by atoms with van der Waals surface area (Å²) in [7, 11) is -1.99. The summed E-state index contributed by atoms with van der Waals surface area (Å²) in [4.78, 5) is 20.1. The molecule has 10 heteroatoms. The second-order valence-corrected chi connectivity index (χ2v) is 10.7. The fourth-order valence-electron chi connectivity index (χ4n) is 3.78. The lowest BCUT2D eigenvalue weighted by Crippen LogP contribution is -2.40. The van der Waals surface area contributed by atoms with Crippen LogP contribution in [0.2, 0.25) is 0 Å². The molecule has 4 rings (SSSR count). The van der Waals surface area contributed by atoms with Gasteiger partial charge in [-0.2, -0.15) is 0 Å². The first-order valence-corrected chi connectivity index (χ1v) is 13.1. The molecule has 0 atom stereocenters. The molecule has 0 radical (unpaired) electrons. The van der Waals surface area contributed by atoms with Crippen molar-refractivity contribution in [1.29, 1.82) is 0 Å². The SMILES string of the molecule is CCc1ccc(NS(=O)(=O)c2cc(-c3nc(C)c(C(=O)N4CCOCC4)s3)n(C)c2C)cc1. The van der Waals surface area contributed by atoms with Crippen molar-refractivity contribution in [3.05, 3.63) is 52.2 Å². The number of hydrogen-bond donors (Lipinski definition) is 1. The lowest BCUT2D eigenvalue weighted by molar-refractivity contribution is 0.0305. The van der Waals surface area contributed by atoms with Gasteiger partial charge in [-0.15, -0.1) is 11.3 Å². The average Bonchev–Trinajstić information content (AvgIpc) is 3.34. The summed E-state index contributed by atoms with van der Waals surface area (Å²) in [6.07, 6.45) is 0.886. The summed E-state index contributed by atoms with van der Waals surface area (Å²) in [5.74, 6) is -0.0597. The molecule has 0 spiro atoms. The van der Waals surface area contributed by atoms with E-state index in [0.717, 1.165) is 12.0 Å². The van der Waals surface area contributed by atoms with E-state index in [4.69, 9.17) is 4.74 Å². The van der Waals surface area contributed by atoms with E-state index in [1.54, 1.807) is 41.6 Å². The fraction of sp³-hybridized carbons (Fsp3) is 0.391. The third-order valence-electron chi connectivity index (χ3n) is 5.90. The molecule has 33 heavy (non-hydrogen) atoms. The van der Waals surface area contributed by atoms with Gasteiger partial charge < -0.3 is 14.2 Å². The van der Waals surface area contributed by atoms with Crippen molar-refractivity contribution in [3.8, 4) is 10.7 Å². The van der Waals surface area contributed by atoms with Crippen molar-refractivity contribution < 1.29 is 17.9 Å². The van der Waals surface area contributed by atoms with Crippen molar-refractivity contribution >= 4 is 33.0 Å². The highest BCUT2D eigenvalue weighted by Crippen LogP contribution is 2.33. The summed E-state index contributed by atoms with van der Waals surface area (Å²) in [5.41, 5.74) is 3.54. The van der Waals surface area contributed by atoms with Crippen molar-refractivity contribution in [1.82, 2.24) is 14.5 Å². The molecule has 8 nitrogen and oxygen atoms in total. The maximum atomic E-state index is 13.1. The number of morpholine rings is 1. The molecule has 1 aliphatic rings. The number of rotatable bonds is 6. The number of amides is 1. The normalized spacial score (nSPS) is 14.5. The van der Waals surface area contributed by atoms with Crippen LogP contribution in [0.1, 0.15) is 33.5 Å². The third kappa shape index (κ3) is 4.68. The van der Waals surface area contributed by atoms with Crippen LogP contribution in [0.25, 0.3) is 10.7 Å². The highest BCUT2D eigenvalue weighted by atomic mass is 32.2. The number of aromatic nitrogens is 2. The first-order chi connectivity index (χ1) is 15.7. The van der Waals surface area contributed by atoms with E-state index in [0.29, 0.717) is 59.0 Å². The van der Waals surface area contributed by atoms with Crippen LogP contribution < -0.4 is 4.72 Å². The molecule has 0 bridgehead atoms. The maximum absolute atomic E-state index is 13.1. The van der Waals surface area contributed by atoms with Crippen LogP contribution in [0.3, 0.4) is 0 Å². The zero-order chi connectivity index (χ0) is 23.8. The van der Waals surface area contributed by atoms with E-state index < -0.39 is 10.0 Å². The molecule has 1 fully saturated rings. The number of aryl methyl sites for hydroxylation is 2. The van der Waals surface area contributed by atoms with Crippen molar-refractivity contribution in [2.75, 3.05) is 31.0 Å². The standard InChI is InChI=1S/C23H28N4O4S2/c1-5-17-6-8-18(9-7-17)25-33(29,30)20-14-19(26(4)16(20)3)22-24-15(2)21(32-22)23(28)27-10-12-31-13-11-27/h6-9,14,25H,5,10-13H2,1-4H3. The second kappa shape index (κ2) is 9.28. The summed E-state index contributed by atoms with van der Waals surface area (Å²) < 4.78 is 36.1. The number of hydrogen-bond acceptors (Lipinski definition) is 6. The number of thiazole rings is 1. The molecule has 3 heterocycles. The van der Waals surface area contributed by atoms with Crippen LogP contribution in [-0.2, 0) is 28.2 Å². The molecule has 1 saturated heterocycles. The van der Waals surface area contributed by atoms with Gasteiger partial charge in [-0.05, 0) is 44.0 Å². The molecule has 1 aromatic carbocycles. The number of ether oxygens (including phenoxy) is 1. The van der Waals surface area contributed by atoms with Gasteiger partial charge in [-0.3, -0.25) is 9.52 Å². The first kappa shape index (κ1) is 23.5. The number of benzene rings is 1. The number of sulfonamides is 1. The van der Waals surface area contributed by atoms with Crippen molar-refractivity contribution in [2.45, 2.75) is 32.1 Å². The molecule has 1 amide bonds. The predicted octanol–water partition coefficient (Wildman–Crippen LogP) is 3.60. The predicted molar refractivity (Wildman–Crippen MR) is 129 cm³/mol. The van der Waals surface area contributed by atoms with Gasteiger partial charge in [-0.1, -0.05) is 19.1 Å². The molecule has 3 aromatic rings. The highest BCUT2D eigenvalue weighted by Gasteiger charge is 2.27. The number of anilines is 1. The number of carbonyl (C=O) groups is 1. The van der Waals surface area contributed by atoms with E-state index in [1.807, 2.05) is 26.0 Å². The monoisotopic (exact) mass is 488 g/mol. The Kier molecular flexibility index (Phi) is 6.60. The zero-order valence-corrected chi connectivity index (χ0v) is 20.8. The Bertz CT molecular complexity index is 1270. The Balaban J connectivity index is 1.63. The third-order valence-corrected chi connectivity index (χ3v) is 8.57. The summed E-state index contributed by atoms with van der Waals surface area (Å²) in [6, 6.07) is 8.98. The smallest absolute Gasteiger partial charge is 0.266 e. The molecule has 0 aliphatic carbocycles. The summed E-state index contributed by atoms with van der Waals surface area (Å²) in [6.45, 7) is 7.80. The van der Waals surface area contributed by atoms with E-state index in [1.165, 1.54) is 11.3 Å². The minimum Gasteiger partial charge on any atom is -0.378 e. The lowest BCUT2D eigenvalue weighted by atomic mass is 10.2. The molecule has 176 valence electrons. The Morgan fingerprint density at radius 1 is 1.18 bits per heavy atom. The molecular weight excluding hydrogens is 460 g/mol. The minimum absolute atomic E-state index is 0.0597. The van der Waals surface area contributed by atoms with Gasteiger partial charge >= 0.3 is 0 Å². The first-order valence-electron chi connectivity index (χ1n) is 10.8. The van der Waals surface area contributed by atoms with Gasteiger partial charge in [0.15, 0.2) is 0 Å². The van der Waals surface area contributed by atoms with E-state index in [9.17, 15) is 13.2 Å². The number of carbonyl (C=O) groups excluding carboxylic acids is 1. The molecule has 2 aromatic heterocycles. The van der Waals surface area contributed by atoms with Gasteiger partial charge in [-0.25, -0.2) is 13.4 Å². The zero-order valence-electron chi connectivity index (χ0n) is 19.2. The van der Waals surface area contributed by atoms with Gasteiger partial charge in [0.25, 0.3) is 15.9 Å². The minimum atomic E-state index is -3.79. The van der Waals surface area contributed by atoms with Crippen LogP contribution in [-0.4, -0.2) is 55.1 Å². The quantitative estimate of drug-likeness (QED) is 0.572. The Morgan fingerprint density at radius 3 is 2.48 bits per heavy atom. The molecular formula is C23H28N4O4S2. The average molecular weight is 489 g/mol. The Hall–Kier alpha value is -2.69. The molecule has 1 aliphatic heterocycles. The van der Waals surface area contributed by atoms with Crippen LogP contribution in [0.15, 0.2) is 35.2 Å². The fourth-order valence-corrected chi connectivity index (χ4v) is 6.22. The van der Waals surface area contributed by atoms with Gasteiger partial charge in [0.1, 0.15) is 14.8 Å². The molecule has 0 unspecified atom stereocenters. The Morgan fingerprint density at radius 2 is 1.85 bits per heavy atom. The summed E-state index contributed by atoms with van der Waals surface area (Å²) in [5, 5.41) is 0.614. The van der Waals surface area contributed by atoms with Crippen molar-refractivity contribution in [2.24, 2.45) is 7.05 Å². The summed E-state index contributed by atoms with van der Waals surface area (Å²) >= 11 is 1.29. The molecule has 1 N–H and O–H groups in total. The topological polar surface area (TPSA) is 93.5 Å². The van der Waals surface area contributed by atoms with E-state index >= 15 is 0 Å².